The Hall–Kier alpha value is -0.870. The van der Waals surface area contributed by atoms with Crippen LogP contribution in [-0.4, -0.2) is 28.5 Å². The second-order valence-corrected chi connectivity index (χ2v) is 4.14. The number of aromatic nitrogens is 2. The molecular formula is C10H19N3O. The van der Waals surface area contributed by atoms with Gasteiger partial charge in [-0.15, -0.1) is 0 Å². The minimum atomic E-state index is -0.296. The molecule has 2 N–H and O–H groups in total. The lowest BCUT2D eigenvalue weighted by Crippen LogP contribution is -2.46. The van der Waals surface area contributed by atoms with E-state index in [2.05, 4.69) is 5.10 Å². The van der Waals surface area contributed by atoms with Crippen molar-refractivity contribution in [1.29, 1.82) is 0 Å². The quantitative estimate of drug-likeness (QED) is 0.773. The van der Waals surface area contributed by atoms with Crippen LogP contribution in [0.3, 0.4) is 0 Å². The minimum Gasteiger partial charge on any atom is -0.377 e. The highest BCUT2D eigenvalue weighted by Crippen LogP contribution is 2.15. The lowest BCUT2D eigenvalue weighted by atomic mass is 9.94. The first-order chi connectivity index (χ1) is 6.45. The Labute approximate surface area is 85.0 Å². The van der Waals surface area contributed by atoms with Crippen LogP contribution >= 0.6 is 0 Å². The van der Waals surface area contributed by atoms with Crippen LogP contribution in [0.15, 0.2) is 12.4 Å². The van der Waals surface area contributed by atoms with Gasteiger partial charge in [0.2, 0.25) is 0 Å². The molecule has 0 saturated carbocycles. The molecule has 1 heterocycles. The molecule has 0 saturated heterocycles. The second kappa shape index (κ2) is 4.11. The van der Waals surface area contributed by atoms with Crippen molar-refractivity contribution in [1.82, 2.24) is 9.78 Å². The molecule has 0 aliphatic heterocycles. The Balaban J connectivity index is 2.61. The van der Waals surface area contributed by atoms with Gasteiger partial charge in [-0.2, -0.15) is 5.10 Å². The van der Waals surface area contributed by atoms with Crippen LogP contribution in [0, 0.1) is 0 Å². The number of ether oxygens (including phenoxy) is 1. The molecule has 4 heteroatoms. The van der Waals surface area contributed by atoms with E-state index in [1.54, 1.807) is 11.8 Å². The zero-order valence-electron chi connectivity index (χ0n) is 9.32. The van der Waals surface area contributed by atoms with Gasteiger partial charge < -0.3 is 10.5 Å². The molecule has 80 valence electrons. The summed E-state index contributed by atoms with van der Waals surface area (Å²) in [4.78, 5) is 0. The molecule has 1 aromatic rings. The van der Waals surface area contributed by atoms with Crippen LogP contribution in [0.5, 0.6) is 0 Å². The Morgan fingerprint density at radius 2 is 2.29 bits per heavy atom. The third-order valence-electron chi connectivity index (χ3n) is 2.63. The second-order valence-electron chi connectivity index (χ2n) is 4.14. The van der Waals surface area contributed by atoms with Crippen molar-refractivity contribution in [2.45, 2.75) is 31.9 Å². The fourth-order valence-electron chi connectivity index (χ4n) is 1.23. The number of hydrogen-bond donors (Lipinski definition) is 1. The van der Waals surface area contributed by atoms with Crippen LogP contribution in [0.25, 0.3) is 0 Å². The summed E-state index contributed by atoms with van der Waals surface area (Å²) in [6.45, 7) is 3.99. The van der Waals surface area contributed by atoms with Gasteiger partial charge in [-0.3, -0.25) is 4.68 Å². The number of aryl methyl sites for hydroxylation is 1. The summed E-state index contributed by atoms with van der Waals surface area (Å²) in [5, 5.41) is 4.10. The molecule has 1 rings (SSSR count). The van der Waals surface area contributed by atoms with Gasteiger partial charge in [-0.25, -0.2) is 0 Å². The monoisotopic (exact) mass is 197 g/mol. The summed E-state index contributed by atoms with van der Waals surface area (Å²) in [7, 11) is 3.58. The topological polar surface area (TPSA) is 53.1 Å². The van der Waals surface area contributed by atoms with Crippen LogP contribution < -0.4 is 5.73 Å². The van der Waals surface area contributed by atoms with Gasteiger partial charge in [0.15, 0.2) is 0 Å². The first-order valence-electron chi connectivity index (χ1n) is 4.74. The molecule has 0 spiro atoms. The predicted octanol–water partition coefficient (Wildman–Crippen LogP) is 0.715. The smallest absolute Gasteiger partial charge is 0.0776 e. The summed E-state index contributed by atoms with van der Waals surface area (Å²) in [6, 6.07) is -0.0169. The average molecular weight is 197 g/mol. The zero-order valence-corrected chi connectivity index (χ0v) is 9.32. The Morgan fingerprint density at radius 3 is 2.71 bits per heavy atom. The predicted molar refractivity (Wildman–Crippen MR) is 56.0 cm³/mol. The number of hydrogen-bond acceptors (Lipinski definition) is 3. The molecule has 0 aliphatic carbocycles. The molecule has 0 amide bonds. The van der Waals surface area contributed by atoms with Crippen molar-refractivity contribution >= 4 is 0 Å². The molecule has 0 aromatic carbocycles. The van der Waals surface area contributed by atoms with Gasteiger partial charge in [0.25, 0.3) is 0 Å². The van der Waals surface area contributed by atoms with Crippen LogP contribution in [0.4, 0.5) is 0 Å². The Morgan fingerprint density at radius 1 is 1.64 bits per heavy atom. The van der Waals surface area contributed by atoms with E-state index < -0.39 is 0 Å². The van der Waals surface area contributed by atoms with Gasteiger partial charge in [0.1, 0.15) is 0 Å². The maximum absolute atomic E-state index is 6.04. The van der Waals surface area contributed by atoms with E-state index in [9.17, 15) is 0 Å². The molecular weight excluding hydrogens is 178 g/mol. The molecule has 1 atom stereocenters. The van der Waals surface area contributed by atoms with Crippen molar-refractivity contribution in [3.05, 3.63) is 18.0 Å². The van der Waals surface area contributed by atoms with Crippen LogP contribution in [-0.2, 0) is 18.2 Å². The first kappa shape index (κ1) is 11.2. The van der Waals surface area contributed by atoms with Crippen LogP contribution in [0.1, 0.15) is 19.4 Å². The molecule has 0 aliphatic rings. The molecule has 1 aromatic heterocycles. The number of methoxy groups -OCH3 is 1. The number of nitrogens with two attached hydrogens (primary N) is 1. The van der Waals surface area contributed by atoms with E-state index in [4.69, 9.17) is 10.5 Å². The fourth-order valence-corrected chi connectivity index (χ4v) is 1.23. The van der Waals surface area contributed by atoms with Gasteiger partial charge in [-0.1, -0.05) is 0 Å². The van der Waals surface area contributed by atoms with Crippen molar-refractivity contribution in [2.75, 3.05) is 7.11 Å². The standard InChI is InChI=1S/C10H19N3O/c1-10(2,14-4)9(11)5-8-6-12-13(3)7-8/h6-7,9H,5,11H2,1-4H3. The van der Waals surface area contributed by atoms with E-state index in [1.165, 1.54) is 0 Å². The molecule has 1 unspecified atom stereocenters. The summed E-state index contributed by atoms with van der Waals surface area (Å²) in [5.41, 5.74) is 6.89. The SMILES string of the molecule is COC(C)(C)C(N)Cc1cnn(C)c1. The first-order valence-corrected chi connectivity index (χ1v) is 4.74. The summed E-state index contributed by atoms with van der Waals surface area (Å²) < 4.78 is 7.11. The van der Waals surface area contributed by atoms with E-state index in [0.29, 0.717) is 0 Å². The van der Waals surface area contributed by atoms with Crippen molar-refractivity contribution in [3.63, 3.8) is 0 Å². The molecule has 4 nitrogen and oxygen atoms in total. The van der Waals surface area contributed by atoms with Gasteiger partial charge >= 0.3 is 0 Å². The fraction of sp³-hybridized carbons (Fsp3) is 0.700. The molecule has 14 heavy (non-hydrogen) atoms. The summed E-state index contributed by atoms with van der Waals surface area (Å²) in [5.74, 6) is 0. The Kier molecular flexibility index (Phi) is 3.29. The Bertz CT molecular complexity index is 293. The molecule has 0 fully saturated rings. The molecule has 0 radical (unpaired) electrons. The van der Waals surface area contributed by atoms with Crippen LogP contribution in [0.2, 0.25) is 0 Å². The van der Waals surface area contributed by atoms with Gasteiger partial charge in [0.05, 0.1) is 11.8 Å². The van der Waals surface area contributed by atoms with E-state index in [-0.39, 0.29) is 11.6 Å². The maximum Gasteiger partial charge on any atom is 0.0776 e. The van der Waals surface area contributed by atoms with E-state index in [0.717, 1.165) is 12.0 Å². The number of rotatable bonds is 4. The summed E-state index contributed by atoms with van der Waals surface area (Å²) >= 11 is 0. The highest BCUT2D eigenvalue weighted by molar-refractivity contribution is 5.07. The largest absolute Gasteiger partial charge is 0.377 e. The van der Waals surface area contributed by atoms with Gasteiger partial charge in [0, 0.05) is 26.4 Å². The maximum atomic E-state index is 6.04. The van der Waals surface area contributed by atoms with E-state index in [1.807, 2.05) is 33.3 Å². The van der Waals surface area contributed by atoms with Crippen molar-refractivity contribution in [3.8, 4) is 0 Å². The van der Waals surface area contributed by atoms with Crippen molar-refractivity contribution in [2.24, 2.45) is 12.8 Å². The van der Waals surface area contributed by atoms with Gasteiger partial charge in [-0.05, 0) is 25.8 Å². The van der Waals surface area contributed by atoms with E-state index >= 15 is 0 Å². The highest BCUT2D eigenvalue weighted by Gasteiger charge is 2.26. The third-order valence-corrected chi connectivity index (χ3v) is 2.63. The normalized spacial score (nSPS) is 14.4. The average Bonchev–Trinajstić information content (AvgIpc) is 2.51. The lowest BCUT2D eigenvalue weighted by Gasteiger charge is -2.29. The van der Waals surface area contributed by atoms with Crippen molar-refractivity contribution < 1.29 is 4.74 Å². The third kappa shape index (κ3) is 2.56. The molecule has 0 bridgehead atoms. The minimum absolute atomic E-state index is 0.0169. The highest BCUT2D eigenvalue weighted by atomic mass is 16.5. The summed E-state index contributed by atoms with van der Waals surface area (Å²) in [6.07, 6.45) is 4.60. The lowest BCUT2D eigenvalue weighted by molar-refractivity contribution is 0.000803. The zero-order chi connectivity index (χ0) is 10.8. The number of nitrogens with zero attached hydrogens (tertiary/aromatic N) is 2.